The number of carbonyl (C=O) groups excluding carboxylic acids is 4. The summed E-state index contributed by atoms with van der Waals surface area (Å²) in [5, 5.41) is 47.3. The van der Waals surface area contributed by atoms with E-state index in [-0.39, 0.29) is 54.3 Å². The molecule has 9 nitrogen and oxygen atoms in total. The number of hydrogen-bond donors (Lipinski definition) is 4. The Labute approximate surface area is 275 Å². The van der Waals surface area contributed by atoms with Crippen molar-refractivity contribution in [3.63, 3.8) is 0 Å². The smallest absolute Gasteiger partial charge is 0.203 e. The third-order valence-corrected chi connectivity index (χ3v) is 10.7. The highest BCUT2D eigenvalue weighted by molar-refractivity contribution is 6.24. The predicted molar refractivity (Wildman–Crippen MR) is 175 cm³/mol. The number of Topliss-reactive ketones (excluding diaryl/α,β-unsaturated/α-hetero) is 4. The molecule has 0 aliphatic heterocycles. The molecule has 4 N–H and O–H groups in total. The monoisotopic (exact) mass is 644 g/mol. The Morgan fingerprint density at radius 2 is 1.62 bits per heavy atom. The lowest BCUT2D eigenvalue weighted by atomic mass is 9.43. The fourth-order valence-electron chi connectivity index (χ4n) is 8.77. The number of carbonyl (C=O) groups is 4. The number of rotatable bonds is 8. The zero-order valence-corrected chi connectivity index (χ0v) is 28.3. The standard InChI is InChI=1S/C38H44O9/c1-18(2)25-15-22(14-23(40)13-21-9-11-24(47-8)12-10-21)31(41)28-26(25)16-36(6)17-37(7)29(19(3)4)32(42)27(20(5)39)34(44)38(37,46)35(45)30(36)33(28)43/h9-12,15,18-19,29,41,43-44,46H,13-14,16-17H2,1-8H3/t29?,36-,37-,38+/m1/s1. The largest absolute Gasteiger partial charge is 0.508 e. The summed E-state index contributed by atoms with van der Waals surface area (Å²) in [6.45, 7) is 11.9. The number of aliphatic hydroxyl groups is 3. The number of phenols is 1. The molecule has 0 radical (unpaired) electrons. The van der Waals surface area contributed by atoms with Crippen LogP contribution in [0, 0.1) is 22.7 Å². The molecule has 1 saturated carbocycles. The van der Waals surface area contributed by atoms with E-state index in [0.29, 0.717) is 16.9 Å². The molecule has 0 spiro atoms. The van der Waals surface area contributed by atoms with E-state index in [4.69, 9.17) is 4.74 Å². The lowest BCUT2D eigenvalue weighted by Crippen LogP contribution is -2.69. The van der Waals surface area contributed by atoms with Crippen molar-refractivity contribution in [2.75, 3.05) is 7.11 Å². The fraction of sp³-hybridized carbons (Fsp3) is 0.474. The van der Waals surface area contributed by atoms with Crippen molar-refractivity contribution in [1.29, 1.82) is 0 Å². The molecule has 0 amide bonds. The number of benzene rings is 2. The number of aliphatic hydroxyl groups excluding tert-OH is 2. The van der Waals surface area contributed by atoms with Crippen molar-refractivity contribution < 1.29 is 44.3 Å². The molecule has 9 heteroatoms. The van der Waals surface area contributed by atoms with Gasteiger partial charge in [-0.25, -0.2) is 0 Å². The number of methoxy groups -OCH3 is 1. The van der Waals surface area contributed by atoms with Gasteiger partial charge in [-0.05, 0) is 60.4 Å². The molecule has 5 rings (SSSR count). The van der Waals surface area contributed by atoms with Crippen molar-refractivity contribution in [3.8, 4) is 11.5 Å². The summed E-state index contributed by atoms with van der Waals surface area (Å²) in [6, 6.07) is 8.88. The third kappa shape index (κ3) is 4.93. The first-order chi connectivity index (χ1) is 21.8. The minimum Gasteiger partial charge on any atom is -0.508 e. The molecule has 3 aliphatic carbocycles. The van der Waals surface area contributed by atoms with Crippen LogP contribution in [0.5, 0.6) is 11.5 Å². The van der Waals surface area contributed by atoms with Crippen molar-refractivity contribution in [2.45, 2.75) is 85.7 Å². The maximum absolute atomic E-state index is 14.6. The average Bonchev–Trinajstić information content (AvgIpc) is 2.96. The molecule has 1 fully saturated rings. The van der Waals surface area contributed by atoms with Gasteiger partial charge in [0.25, 0.3) is 0 Å². The summed E-state index contributed by atoms with van der Waals surface area (Å²) in [7, 11) is 1.56. The van der Waals surface area contributed by atoms with Crippen LogP contribution >= 0.6 is 0 Å². The van der Waals surface area contributed by atoms with Crippen LogP contribution in [0.1, 0.15) is 88.6 Å². The van der Waals surface area contributed by atoms with Gasteiger partial charge in [0.05, 0.1) is 12.7 Å². The molecule has 0 saturated heterocycles. The minimum absolute atomic E-state index is 0.0130. The Morgan fingerprint density at radius 1 is 1.00 bits per heavy atom. The number of aromatic hydroxyl groups is 1. The number of phenolic OH excluding ortho intramolecular Hbond substituents is 1. The van der Waals surface area contributed by atoms with E-state index in [1.165, 1.54) is 0 Å². The van der Waals surface area contributed by atoms with Crippen LogP contribution in [0.3, 0.4) is 0 Å². The number of ether oxygens (including phenoxy) is 1. The SMILES string of the molecule is COc1ccc(CC(=O)Cc2cc(C(C)C)c3c(c2O)C(O)=C2C(=O)[C@@]4(O)C(O)=C(C(C)=O)C(=O)C(C(C)C)[C@@]4(C)C[C@@]2(C)C3)cc1. The summed E-state index contributed by atoms with van der Waals surface area (Å²) in [5.74, 6) is -5.28. The highest BCUT2D eigenvalue weighted by atomic mass is 16.5. The second-order valence-electron chi connectivity index (χ2n) is 14.7. The number of ketones is 4. The van der Waals surface area contributed by atoms with Crippen LogP contribution in [-0.4, -0.2) is 56.3 Å². The maximum atomic E-state index is 14.6. The Kier molecular flexibility index (Phi) is 8.33. The van der Waals surface area contributed by atoms with Gasteiger partial charge in [0.15, 0.2) is 17.2 Å². The van der Waals surface area contributed by atoms with Gasteiger partial charge in [0.1, 0.15) is 34.4 Å². The molecular weight excluding hydrogens is 600 g/mol. The number of fused-ring (bicyclic) bond motifs is 3. The topological polar surface area (TPSA) is 158 Å². The Morgan fingerprint density at radius 3 is 2.15 bits per heavy atom. The van der Waals surface area contributed by atoms with E-state index >= 15 is 0 Å². The molecule has 0 heterocycles. The number of hydrogen-bond acceptors (Lipinski definition) is 9. The summed E-state index contributed by atoms with van der Waals surface area (Å²) < 4.78 is 5.19. The zero-order valence-electron chi connectivity index (χ0n) is 28.3. The second kappa shape index (κ2) is 11.5. The van der Waals surface area contributed by atoms with Gasteiger partial charge < -0.3 is 25.2 Å². The van der Waals surface area contributed by atoms with Gasteiger partial charge >= 0.3 is 0 Å². The first-order valence-corrected chi connectivity index (χ1v) is 16.1. The molecule has 0 bridgehead atoms. The normalized spacial score (nSPS) is 27.2. The summed E-state index contributed by atoms with van der Waals surface area (Å²) in [5.41, 5.74) is -3.65. The van der Waals surface area contributed by atoms with Crippen LogP contribution in [0.4, 0.5) is 0 Å². The summed E-state index contributed by atoms with van der Waals surface area (Å²) >= 11 is 0. The molecule has 4 atom stereocenters. The van der Waals surface area contributed by atoms with E-state index < -0.39 is 62.7 Å². The van der Waals surface area contributed by atoms with Crippen LogP contribution in [-0.2, 0) is 38.4 Å². The Balaban J connectivity index is 1.68. The van der Waals surface area contributed by atoms with Gasteiger partial charge in [0.2, 0.25) is 5.78 Å². The van der Waals surface area contributed by atoms with Crippen molar-refractivity contribution in [1.82, 2.24) is 0 Å². The van der Waals surface area contributed by atoms with Crippen LogP contribution in [0.25, 0.3) is 5.76 Å². The van der Waals surface area contributed by atoms with Gasteiger partial charge in [0, 0.05) is 40.7 Å². The average molecular weight is 645 g/mol. The molecule has 1 unspecified atom stereocenters. The quantitative estimate of drug-likeness (QED) is 0.266. The summed E-state index contributed by atoms with van der Waals surface area (Å²) in [4.78, 5) is 54.2. The van der Waals surface area contributed by atoms with Gasteiger partial charge in [-0.15, -0.1) is 0 Å². The lowest BCUT2D eigenvalue weighted by Gasteiger charge is -2.60. The maximum Gasteiger partial charge on any atom is 0.203 e. The molecule has 47 heavy (non-hydrogen) atoms. The molecule has 2 aromatic rings. The highest BCUT2D eigenvalue weighted by Crippen LogP contribution is 2.65. The van der Waals surface area contributed by atoms with Crippen LogP contribution < -0.4 is 4.74 Å². The molecule has 0 aromatic heterocycles. The summed E-state index contributed by atoms with van der Waals surface area (Å²) in [6.07, 6.45) is 0.172. The minimum atomic E-state index is -2.68. The zero-order chi connectivity index (χ0) is 35.0. The van der Waals surface area contributed by atoms with E-state index in [1.807, 2.05) is 13.8 Å². The Hall–Kier alpha value is -4.24. The van der Waals surface area contributed by atoms with Gasteiger partial charge in [-0.3, -0.25) is 19.2 Å². The molecule has 250 valence electrons. The molecular formula is C38H44O9. The first-order valence-electron chi connectivity index (χ1n) is 16.1. The predicted octanol–water partition coefficient (Wildman–Crippen LogP) is 5.68. The van der Waals surface area contributed by atoms with Gasteiger partial charge in [-0.2, -0.15) is 0 Å². The molecule has 3 aliphatic rings. The number of allylic oxidation sites excluding steroid dienone is 1. The van der Waals surface area contributed by atoms with Crippen LogP contribution in [0.2, 0.25) is 0 Å². The lowest BCUT2D eigenvalue weighted by molar-refractivity contribution is -0.178. The van der Waals surface area contributed by atoms with Crippen molar-refractivity contribution in [2.24, 2.45) is 22.7 Å². The molecule has 2 aromatic carbocycles. The van der Waals surface area contributed by atoms with Gasteiger partial charge in [-0.1, -0.05) is 59.7 Å². The van der Waals surface area contributed by atoms with E-state index in [1.54, 1.807) is 65.1 Å². The van der Waals surface area contributed by atoms with Crippen molar-refractivity contribution >= 4 is 28.9 Å². The van der Waals surface area contributed by atoms with Crippen molar-refractivity contribution in [3.05, 3.63) is 75.1 Å². The second-order valence-corrected chi connectivity index (χ2v) is 14.7. The highest BCUT2D eigenvalue weighted by Gasteiger charge is 2.72. The third-order valence-electron chi connectivity index (χ3n) is 10.7. The fourth-order valence-corrected chi connectivity index (χ4v) is 8.77. The van der Waals surface area contributed by atoms with Crippen LogP contribution in [0.15, 0.2) is 47.2 Å². The van der Waals surface area contributed by atoms with E-state index in [9.17, 15) is 39.6 Å². The van der Waals surface area contributed by atoms with E-state index in [2.05, 4.69) is 0 Å². The van der Waals surface area contributed by atoms with E-state index in [0.717, 1.165) is 18.1 Å². The Bertz CT molecular complexity index is 1780. The first kappa shape index (κ1) is 34.1.